The molecule has 354 valence electrons. The second kappa shape index (κ2) is 16.5. The molecule has 2 aliphatic rings. The van der Waals surface area contributed by atoms with Gasteiger partial charge < -0.3 is 14.0 Å². The van der Waals surface area contributed by atoms with Crippen LogP contribution in [0.2, 0.25) is 0 Å². The van der Waals surface area contributed by atoms with Gasteiger partial charge in [0.2, 0.25) is 0 Å². The molecule has 12 aromatic carbocycles. The van der Waals surface area contributed by atoms with Gasteiger partial charge in [-0.2, -0.15) is 0 Å². The molecule has 0 fully saturated rings. The Morgan fingerprint density at radius 1 is 0.263 bits per heavy atom. The Morgan fingerprint density at radius 2 is 0.671 bits per heavy atom. The molecule has 2 heterocycles. The molecule has 16 rings (SSSR count). The third-order valence-electron chi connectivity index (χ3n) is 16.5. The van der Waals surface area contributed by atoms with E-state index in [4.69, 9.17) is 0 Å². The van der Waals surface area contributed by atoms with Crippen LogP contribution in [-0.2, 0) is 5.41 Å². The molecule has 76 heavy (non-hydrogen) atoms. The summed E-state index contributed by atoms with van der Waals surface area (Å²) in [4.78, 5) is 2.57. The van der Waals surface area contributed by atoms with Crippen LogP contribution in [0, 0.1) is 0 Å². The fourth-order valence-corrected chi connectivity index (χ4v) is 13.4. The predicted molar refractivity (Wildman–Crippen MR) is 317 cm³/mol. The maximum absolute atomic E-state index is 2.57. The van der Waals surface area contributed by atoms with Gasteiger partial charge in [-0.1, -0.05) is 212 Å². The Balaban J connectivity index is 1.02. The van der Waals surface area contributed by atoms with Crippen LogP contribution in [0.3, 0.4) is 0 Å². The van der Waals surface area contributed by atoms with Gasteiger partial charge in [-0.05, 0) is 134 Å². The highest BCUT2D eigenvalue weighted by Gasteiger charge is 2.53. The van der Waals surface area contributed by atoms with Crippen molar-refractivity contribution in [1.82, 2.24) is 9.13 Å². The van der Waals surface area contributed by atoms with Gasteiger partial charge in [-0.15, -0.1) is 0 Å². The van der Waals surface area contributed by atoms with Crippen molar-refractivity contribution in [2.24, 2.45) is 0 Å². The zero-order valence-electron chi connectivity index (χ0n) is 41.5. The summed E-state index contributed by atoms with van der Waals surface area (Å²) in [5, 5.41) is 4.86. The first-order valence-corrected chi connectivity index (χ1v) is 26.3. The van der Waals surface area contributed by atoms with Gasteiger partial charge in [0, 0.05) is 49.9 Å². The Labute approximate surface area is 441 Å². The Bertz CT molecular complexity index is 4520. The summed E-state index contributed by atoms with van der Waals surface area (Å²) in [6.45, 7) is 0. The van der Waals surface area contributed by atoms with Gasteiger partial charge in [0.05, 0.1) is 33.2 Å². The molecule has 0 radical (unpaired) electrons. The van der Waals surface area contributed by atoms with Crippen molar-refractivity contribution in [3.8, 4) is 55.9 Å². The Morgan fingerprint density at radius 3 is 1.20 bits per heavy atom. The highest BCUT2D eigenvalue weighted by molar-refractivity contribution is 6.13. The fraction of sp³-hybridized carbons (Fsp3) is 0.0137. The van der Waals surface area contributed by atoms with E-state index >= 15 is 0 Å². The predicted octanol–water partition coefficient (Wildman–Crippen LogP) is 19.0. The van der Waals surface area contributed by atoms with E-state index in [1.54, 1.807) is 0 Å². The Hall–Kier alpha value is -9.96. The summed E-state index contributed by atoms with van der Waals surface area (Å²) in [6.07, 6.45) is 0. The zero-order valence-corrected chi connectivity index (χ0v) is 41.5. The van der Waals surface area contributed by atoms with Crippen LogP contribution in [0.5, 0.6) is 0 Å². The largest absolute Gasteiger partial charge is 0.310 e. The van der Waals surface area contributed by atoms with E-state index in [-0.39, 0.29) is 0 Å². The number of hydrogen-bond acceptors (Lipinski definition) is 1. The fourth-order valence-electron chi connectivity index (χ4n) is 13.4. The molecule has 2 aromatic heterocycles. The topological polar surface area (TPSA) is 13.1 Å². The van der Waals surface area contributed by atoms with E-state index in [1.807, 2.05) is 0 Å². The summed E-state index contributed by atoms with van der Waals surface area (Å²) in [5.74, 6) is 0. The van der Waals surface area contributed by atoms with Crippen LogP contribution in [0.4, 0.5) is 17.1 Å². The standard InChI is InChI=1S/C73H47N3/c1-4-21-48(22-5-1)50-43-51(49-23-6-2-7-24-49)45-55(44-50)76-68-37-19-14-31-60(68)62-42-40-54(47-71(62)76)74(53-39-41-61-59-30-13-18-36-67(59)75(70(61)46-53)52-25-8-3-9-26-52)69-38-20-32-63-58-29-12-17-35-66(58)73(72(63)69)64-33-15-10-27-56(64)57-28-11-16-34-65(57)73/h1-47H. The molecular formula is C73H47N3. The molecule has 0 amide bonds. The number of fused-ring (bicyclic) bond motifs is 16. The van der Waals surface area contributed by atoms with E-state index < -0.39 is 5.41 Å². The van der Waals surface area contributed by atoms with Gasteiger partial charge in [0.1, 0.15) is 0 Å². The molecule has 14 aromatic rings. The third-order valence-corrected chi connectivity index (χ3v) is 16.5. The summed E-state index contributed by atoms with van der Waals surface area (Å²) in [5.41, 5.74) is 24.6. The first-order chi connectivity index (χ1) is 37.7. The van der Waals surface area contributed by atoms with Crippen LogP contribution < -0.4 is 4.90 Å². The van der Waals surface area contributed by atoms with Crippen LogP contribution in [0.25, 0.3) is 99.5 Å². The first kappa shape index (κ1) is 42.5. The van der Waals surface area contributed by atoms with Crippen molar-refractivity contribution in [3.63, 3.8) is 0 Å². The van der Waals surface area contributed by atoms with Gasteiger partial charge >= 0.3 is 0 Å². The molecule has 0 atom stereocenters. The molecule has 3 heteroatoms. The molecule has 0 saturated heterocycles. The van der Waals surface area contributed by atoms with Crippen molar-refractivity contribution >= 4 is 60.7 Å². The lowest BCUT2D eigenvalue weighted by Gasteiger charge is -2.36. The highest BCUT2D eigenvalue weighted by atomic mass is 15.2. The van der Waals surface area contributed by atoms with Gasteiger partial charge in [0.15, 0.2) is 0 Å². The third kappa shape index (κ3) is 6.05. The minimum Gasteiger partial charge on any atom is -0.310 e. The number of para-hydroxylation sites is 3. The van der Waals surface area contributed by atoms with Gasteiger partial charge in [-0.25, -0.2) is 0 Å². The average Bonchev–Trinajstić information content (AvgIpc) is 4.38. The lowest BCUT2D eigenvalue weighted by molar-refractivity contribution is 0.793. The first-order valence-electron chi connectivity index (χ1n) is 26.3. The van der Waals surface area contributed by atoms with Crippen LogP contribution >= 0.6 is 0 Å². The van der Waals surface area contributed by atoms with Crippen molar-refractivity contribution in [2.75, 3.05) is 4.90 Å². The van der Waals surface area contributed by atoms with Gasteiger partial charge in [0.25, 0.3) is 0 Å². The van der Waals surface area contributed by atoms with E-state index in [0.29, 0.717) is 0 Å². The number of rotatable bonds is 7. The number of aromatic nitrogens is 2. The molecule has 3 nitrogen and oxygen atoms in total. The number of nitrogens with zero attached hydrogens (tertiary/aromatic N) is 3. The van der Waals surface area contributed by atoms with Crippen LogP contribution in [-0.4, -0.2) is 9.13 Å². The van der Waals surface area contributed by atoms with E-state index in [9.17, 15) is 0 Å². The SMILES string of the molecule is c1ccc(-c2cc(-c3ccccc3)cc(-n3c4ccccc4c4ccc(N(c5ccc6c7ccccc7n(-c7ccccc7)c6c5)c5cccc6c5C5(c7ccccc7-c7ccccc75)c5ccccc5-6)cc43)c2)cc1. The lowest BCUT2D eigenvalue weighted by Crippen LogP contribution is -2.28. The monoisotopic (exact) mass is 965 g/mol. The van der Waals surface area contributed by atoms with Gasteiger partial charge in [-0.3, -0.25) is 0 Å². The molecule has 1 spiro atoms. The molecule has 0 aliphatic heterocycles. The number of benzene rings is 12. The summed E-state index contributed by atoms with van der Waals surface area (Å²) in [6, 6.07) is 106. The normalized spacial score (nSPS) is 12.8. The molecular weight excluding hydrogens is 919 g/mol. The molecule has 0 N–H and O–H groups in total. The van der Waals surface area contributed by atoms with E-state index in [0.717, 1.165) is 45.0 Å². The minimum atomic E-state index is -0.582. The Kier molecular flexibility index (Phi) is 9.25. The van der Waals surface area contributed by atoms with Crippen LogP contribution in [0.1, 0.15) is 22.3 Å². The summed E-state index contributed by atoms with van der Waals surface area (Å²) in [7, 11) is 0. The molecule has 0 bridgehead atoms. The number of hydrogen-bond donors (Lipinski definition) is 0. The molecule has 0 unspecified atom stereocenters. The molecule has 2 aliphatic carbocycles. The van der Waals surface area contributed by atoms with E-state index in [1.165, 1.54) is 93.8 Å². The average molecular weight is 966 g/mol. The smallest absolute Gasteiger partial charge is 0.0746 e. The van der Waals surface area contributed by atoms with E-state index in [2.05, 4.69) is 299 Å². The second-order valence-electron chi connectivity index (χ2n) is 20.4. The van der Waals surface area contributed by atoms with Crippen molar-refractivity contribution in [1.29, 1.82) is 0 Å². The molecule has 0 saturated carbocycles. The maximum atomic E-state index is 2.57. The number of anilines is 3. The van der Waals surface area contributed by atoms with Crippen molar-refractivity contribution < 1.29 is 0 Å². The quantitative estimate of drug-likeness (QED) is 0.155. The summed E-state index contributed by atoms with van der Waals surface area (Å²) >= 11 is 0. The minimum absolute atomic E-state index is 0.582. The summed E-state index contributed by atoms with van der Waals surface area (Å²) < 4.78 is 4.94. The lowest BCUT2D eigenvalue weighted by atomic mass is 9.70. The van der Waals surface area contributed by atoms with Crippen molar-refractivity contribution in [2.45, 2.75) is 5.41 Å². The van der Waals surface area contributed by atoms with Crippen LogP contribution in [0.15, 0.2) is 285 Å². The highest BCUT2D eigenvalue weighted by Crippen LogP contribution is 2.65. The second-order valence-corrected chi connectivity index (χ2v) is 20.4. The van der Waals surface area contributed by atoms with Crippen molar-refractivity contribution in [3.05, 3.63) is 307 Å². The maximum Gasteiger partial charge on any atom is 0.0746 e. The zero-order chi connectivity index (χ0) is 49.9.